The van der Waals surface area contributed by atoms with Gasteiger partial charge in [-0.05, 0) is 37.1 Å². The monoisotopic (exact) mass is 304 g/mol. The lowest BCUT2D eigenvalue weighted by Crippen LogP contribution is -2.28. The van der Waals surface area contributed by atoms with Gasteiger partial charge in [-0.15, -0.1) is 11.8 Å². The number of carbonyl (C=O) groups excluding carboxylic acids is 1. The quantitative estimate of drug-likeness (QED) is 0.842. The highest BCUT2D eigenvalue weighted by atomic mass is 35.5. The molecule has 1 fully saturated rings. The number of rotatable bonds is 2. The summed E-state index contributed by atoms with van der Waals surface area (Å²) in [6, 6.07) is 1.69. The van der Waals surface area contributed by atoms with Gasteiger partial charge in [-0.2, -0.15) is 0 Å². The van der Waals surface area contributed by atoms with Crippen molar-refractivity contribution in [2.24, 2.45) is 0 Å². The minimum absolute atomic E-state index is 0.00817. The Balaban J connectivity index is 2.11. The van der Waals surface area contributed by atoms with Gasteiger partial charge in [0.05, 0.1) is 10.9 Å². The van der Waals surface area contributed by atoms with Gasteiger partial charge in [0.1, 0.15) is 5.15 Å². The maximum Gasteiger partial charge on any atom is 0.237 e. The molecule has 2 heterocycles. The van der Waals surface area contributed by atoms with Gasteiger partial charge < -0.3 is 5.32 Å². The normalized spacial score (nSPS) is 19.6. The van der Waals surface area contributed by atoms with E-state index in [9.17, 15) is 4.79 Å². The van der Waals surface area contributed by atoms with Crippen LogP contribution in [-0.4, -0.2) is 21.9 Å². The summed E-state index contributed by atoms with van der Waals surface area (Å²) in [4.78, 5) is 16.0. The molecule has 1 saturated heterocycles. The first-order valence-electron chi connectivity index (χ1n) is 5.83. The van der Waals surface area contributed by atoms with Gasteiger partial charge in [0.25, 0.3) is 0 Å². The predicted molar refractivity (Wildman–Crippen MR) is 77.7 cm³/mol. The molecule has 1 aromatic heterocycles. The number of halogens is 2. The number of thioether (sulfide) groups is 1. The van der Waals surface area contributed by atoms with E-state index in [0.29, 0.717) is 10.8 Å². The molecule has 1 aliphatic heterocycles. The number of hydrogen-bond acceptors (Lipinski definition) is 3. The highest BCUT2D eigenvalue weighted by Gasteiger charge is 2.23. The second-order valence-electron chi connectivity index (χ2n) is 4.27. The molecule has 1 unspecified atom stereocenters. The molecule has 1 N–H and O–H groups in total. The van der Waals surface area contributed by atoms with Crippen LogP contribution in [0, 0.1) is 6.92 Å². The molecular formula is C12H14Cl2N2OS. The molecule has 18 heavy (non-hydrogen) atoms. The van der Waals surface area contributed by atoms with Crippen molar-refractivity contribution >= 4 is 46.6 Å². The Morgan fingerprint density at radius 3 is 2.89 bits per heavy atom. The number of amides is 1. The summed E-state index contributed by atoms with van der Waals surface area (Å²) in [5.41, 5.74) is 1.39. The van der Waals surface area contributed by atoms with Gasteiger partial charge in [0.2, 0.25) is 5.91 Å². The van der Waals surface area contributed by atoms with E-state index in [1.54, 1.807) is 17.8 Å². The molecule has 6 heteroatoms. The lowest BCUT2D eigenvalue weighted by molar-refractivity contribution is -0.115. The van der Waals surface area contributed by atoms with E-state index < -0.39 is 0 Å². The summed E-state index contributed by atoms with van der Waals surface area (Å²) < 4.78 is 0. The molecule has 98 valence electrons. The van der Waals surface area contributed by atoms with Crippen molar-refractivity contribution in [3.8, 4) is 0 Å². The van der Waals surface area contributed by atoms with Crippen molar-refractivity contribution in [1.29, 1.82) is 0 Å². The topological polar surface area (TPSA) is 42.0 Å². The first kappa shape index (κ1) is 14.0. The Morgan fingerprint density at radius 1 is 1.50 bits per heavy atom. The Hall–Kier alpha value is -0.450. The zero-order valence-electron chi connectivity index (χ0n) is 10.0. The van der Waals surface area contributed by atoms with Crippen LogP contribution < -0.4 is 5.32 Å². The predicted octanol–water partition coefficient (Wildman–Crippen LogP) is 3.92. The molecule has 1 aliphatic rings. The van der Waals surface area contributed by atoms with Crippen LogP contribution in [0.2, 0.25) is 10.3 Å². The molecule has 0 bridgehead atoms. The van der Waals surface area contributed by atoms with Crippen LogP contribution in [0.5, 0.6) is 0 Å². The second kappa shape index (κ2) is 6.13. The Bertz CT molecular complexity index is 438. The van der Waals surface area contributed by atoms with Gasteiger partial charge in [-0.25, -0.2) is 4.98 Å². The first-order valence-corrected chi connectivity index (χ1v) is 7.63. The molecule has 3 nitrogen and oxygen atoms in total. The SMILES string of the molecule is Cc1cc(Cl)nc(Cl)c1NC(=O)C1CCCCS1. The fourth-order valence-electron chi connectivity index (χ4n) is 1.90. The number of nitrogens with zero attached hydrogens (tertiary/aromatic N) is 1. The lowest BCUT2D eigenvalue weighted by atomic mass is 10.1. The second-order valence-corrected chi connectivity index (χ2v) is 6.33. The summed E-state index contributed by atoms with van der Waals surface area (Å²) in [5, 5.41) is 3.46. The summed E-state index contributed by atoms with van der Waals surface area (Å²) in [6.07, 6.45) is 3.22. The average molecular weight is 305 g/mol. The molecule has 1 amide bonds. The van der Waals surface area contributed by atoms with E-state index in [0.717, 1.165) is 24.2 Å². The third-order valence-corrected chi connectivity index (χ3v) is 4.71. The van der Waals surface area contributed by atoms with Crippen molar-refractivity contribution in [2.75, 3.05) is 11.1 Å². The van der Waals surface area contributed by atoms with E-state index in [4.69, 9.17) is 23.2 Å². The van der Waals surface area contributed by atoms with Crippen molar-refractivity contribution in [3.05, 3.63) is 21.9 Å². The van der Waals surface area contributed by atoms with Crippen LogP contribution >= 0.6 is 35.0 Å². The van der Waals surface area contributed by atoms with Crippen LogP contribution in [0.4, 0.5) is 5.69 Å². The zero-order chi connectivity index (χ0) is 13.1. The lowest BCUT2D eigenvalue weighted by Gasteiger charge is -2.21. The molecule has 0 saturated carbocycles. The smallest absolute Gasteiger partial charge is 0.237 e. The third kappa shape index (κ3) is 3.31. The Morgan fingerprint density at radius 2 is 2.28 bits per heavy atom. The number of aromatic nitrogens is 1. The zero-order valence-corrected chi connectivity index (χ0v) is 12.3. The van der Waals surface area contributed by atoms with Crippen molar-refractivity contribution in [3.63, 3.8) is 0 Å². The van der Waals surface area contributed by atoms with Gasteiger partial charge in [0, 0.05) is 0 Å². The molecular weight excluding hydrogens is 291 g/mol. The molecule has 0 radical (unpaired) electrons. The maximum atomic E-state index is 12.1. The molecule has 0 spiro atoms. The summed E-state index contributed by atoms with van der Waals surface area (Å²) >= 11 is 13.5. The van der Waals surface area contributed by atoms with Gasteiger partial charge >= 0.3 is 0 Å². The summed E-state index contributed by atoms with van der Waals surface area (Å²) in [6.45, 7) is 1.85. The van der Waals surface area contributed by atoms with Crippen LogP contribution in [0.1, 0.15) is 24.8 Å². The number of pyridine rings is 1. The fourth-order valence-corrected chi connectivity index (χ4v) is 3.67. The van der Waals surface area contributed by atoms with E-state index in [-0.39, 0.29) is 16.3 Å². The fraction of sp³-hybridized carbons (Fsp3) is 0.500. The van der Waals surface area contributed by atoms with Gasteiger partial charge in [-0.3, -0.25) is 4.79 Å². The molecule has 1 atom stereocenters. The van der Waals surface area contributed by atoms with Gasteiger partial charge in [0.15, 0.2) is 5.15 Å². The first-order chi connectivity index (χ1) is 8.58. The minimum Gasteiger partial charge on any atom is -0.322 e. The van der Waals surface area contributed by atoms with E-state index in [1.807, 2.05) is 6.92 Å². The number of nitrogens with one attached hydrogen (secondary N) is 1. The third-order valence-electron chi connectivity index (χ3n) is 2.86. The molecule has 2 rings (SSSR count). The van der Waals surface area contributed by atoms with Crippen molar-refractivity contribution in [1.82, 2.24) is 4.98 Å². The Labute approximate surface area is 121 Å². The van der Waals surface area contributed by atoms with E-state index in [1.165, 1.54) is 6.42 Å². The molecule has 0 aliphatic carbocycles. The van der Waals surface area contributed by atoms with Crippen LogP contribution in [0.3, 0.4) is 0 Å². The number of anilines is 1. The minimum atomic E-state index is 0.00817. The number of hydrogen-bond donors (Lipinski definition) is 1. The van der Waals surface area contributed by atoms with Crippen molar-refractivity contribution in [2.45, 2.75) is 31.4 Å². The highest BCUT2D eigenvalue weighted by Crippen LogP contribution is 2.30. The molecule has 1 aromatic rings. The largest absolute Gasteiger partial charge is 0.322 e. The summed E-state index contributed by atoms with van der Waals surface area (Å²) in [7, 11) is 0. The maximum absolute atomic E-state index is 12.1. The van der Waals surface area contributed by atoms with Crippen LogP contribution in [-0.2, 0) is 4.79 Å². The van der Waals surface area contributed by atoms with E-state index >= 15 is 0 Å². The molecule has 0 aromatic carbocycles. The van der Waals surface area contributed by atoms with Gasteiger partial charge in [-0.1, -0.05) is 29.6 Å². The van der Waals surface area contributed by atoms with Crippen LogP contribution in [0.25, 0.3) is 0 Å². The standard InChI is InChI=1S/C12H14Cl2N2OS/c1-7-6-9(13)15-11(14)10(7)16-12(17)8-4-2-3-5-18-8/h6,8H,2-5H2,1H3,(H,16,17). The number of carbonyl (C=O) groups is 1. The average Bonchev–Trinajstić information content (AvgIpc) is 2.34. The van der Waals surface area contributed by atoms with Crippen LogP contribution in [0.15, 0.2) is 6.07 Å². The number of aryl methyl sites for hydroxylation is 1. The summed E-state index contributed by atoms with van der Waals surface area (Å²) in [5.74, 6) is 1.05. The highest BCUT2D eigenvalue weighted by molar-refractivity contribution is 8.00. The van der Waals surface area contributed by atoms with E-state index in [2.05, 4.69) is 10.3 Å². The Kier molecular flexibility index (Phi) is 4.76. The van der Waals surface area contributed by atoms with Crippen molar-refractivity contribution < 1.29 is 4.79 Å².